The van der Waals surface area contributed by atoms with E-state index in [2.05, 4.69) is 4.98 Å². The Hall–Kier alpha value is -2.11. The minimum atomic E-state index is -0.928. The van der Waals surface area contributed by atoms with Gasteiger partial charge in [0.2, 0.25) is 5.91 Å². The minimum absolute atomic E-state index is 0.252. The Balaban J connectivity index is 2.35. The number of carbonyl (C=O) groups is 1. The zero-order valence-corrected chi connectivity index (χ0v) is 13.9. The maximum absolute atomic E-state index is 11.2. The summed E-state index contributed by atoms with van der Waals surface area (Å²) in [5.74, 6) is -0.0781. The summed E-state index contributed by atoms with van der Waals surface area (Å²) in [4.78, 5) is 17.4. The second-order valence-electron chi connectivity index (χ2n) is 6.05. The summed E-state index contributed by atoms with van der Waals surface area (Å²) < 4.78 is 0. The lowest BCUT2D eigenvalue weighted by atomic mass is 10.1. The quantitative estimate of drug-likeness (QED) is 0.851. The third kappa shape index (κ3) is 4.94. The molecule has 2 rings (SSSR count). The van der Waals surface area contributed by atoms with Gasteiger partial charge in [0.25, 0.3) is 0 Å². The van der Waals surface area contributed by atoms with Gasteiger partial charge in [0.1, 0.15) is 5.82 Å². The minimum Gasteiger partial charge on any atom is -0.389 e. The number of primary amides is 1. The fraction of sp³-hybridized carbons (Fsp3) is 0.294. The zero-order chi connectivity index (χ0) is 17.0. The van der Waals surface area contributed by atoms with E-state index in [4.69, 9.17) is 17.3 Å². The van der Waals surface area contributed by atoms with E-state index in [0.29, 0.717) is 23.9 Å². The van der Waals surface area contributed by atoms with Crippen molar-refractivity contribution in [1.29, 1.82) is 0 Å². The molecule has 0 saturated carbocycles. The SMILES string of the molecule is CC(C)(O)CN(Cc1ccccc1)c1ncc(C(N)=O)cc1Cl. The molecule has 0 spiro atoms. The average Bonchev–Trinajstić information content (AvgIpc) is 2.46. The number of hydrogen-bond donors (Lipinski definition) is 2. The van der Waals surface area contributed by atoms with Crippen LogP contribution in [0.4, 0.5) is 5.82 Å². The van der Waals surface area contributed by atoms with Gasteiger partial charge in [-0.1, -0.05) is 41.9 Å². The first-order valence-electron chi connectivity index (χ1n) is 7.23. The Morgan fingerprint density at radius 2 is 2.00 bits per heavy atom. The number of pyridine rings is 1. The van der Waals surface area contributed by atoms with Gasteiger partial charge in [0, 0.05) is 19.3 Å². The number of anilines is 1. The van der Waals surface area contributed by atoms with E-state index < -0.39 is 11.5 Å². The van der Waals surface area contributed by atoms with Gasteiger partial charge < -0.3 is 15.7 Å². The van der Waals surface area contributed by atoms with Crippen molar-refractivity contribution < 1.29 is 9.90 Å². The molecular weight excluding hydrogens is 314 g/mol. The largest absolute Gasteiger partial charge is 0.389 e. The normalized spacial score (nSPS) is 11.3. The topological polar surface area (TPSA) is 79.4 Å². The summed E-state index contributed by atoms with van der Waals surface area (Å²) in [6.07, 6.45) is 1.39. The highest BCUT2D eigenvalue weighted by Gasteiger charge is 2.22. The standard InChI is InChI=1S/C17H20ClN3O2/c1-17(2,23)11-21(10-12-6-4-3-5-7-12)16-14(18)8-13(9-20-16)15(19)22/h3-9,23H,10-11H2,1-2H3,(H2,19,22). The highest BCUT2D eigenvalue weighted by Crippen LogP contribution is 2.27. The molecule has 2 aromatic rings. The lowest BCUT2D eigenvalue weighted by Crippen LogP contribution is -2.39. The van der Waals surface area contributed by atoms with E-state index >= 15 is 0 Å². The van der Waals surface area contributed by atoms with E-state index in [1.54, 1.807) is 13.8 Å². The molecule has 5 nitrogen and oxygen atoms in total. The van der Waals surface area contributed by atoms with Crippen LogP contribution in [-0.2, 0) is 6.54 Å². The number of hydrogen-bond acceptors (Lipinski definition) is 4. The van der Waals surface area contributed by atoms with Gasteiger partial charge >= 0.3 is 0 Å². The van der Waals surface area contributed by atoms with E-state index in [1.807, 2.05) is 35.2 Å². The molecule has 6 heteroatoms. The van der Waals surface area contributed by atoms with Crippen LogP contribution in [-0.4, -0.2) is 28.1 Å². The van der Waals surface area contributed by atoms with Crippen LogP contribution in [0.3, 0.4) is 0 Å². The highest BCUT2D eigenvalue weighted by atomic mass is 35.5. The number of aromatic nitrogens is 1. The smallest absolute Gasteiger partial charge is 0.250 e. The molecule has 122 valence electrons. The lowest BCUT2D eigenvalue weighted by Gasteiger charge is -2.30. The van der Waals surface area contributed by atoms with Crippen LogP contribution in [0.5, 0.6) is 0 Å². The van der Waals surface area contributed by atoms with Crippen molar-refractivity contribution in [2.75, 3.05) is 11.4 Å². The van der Waals surface area contributed by atoms with Crippen molar-refractivity contribution in [1.82, 2.24) is 4.98 Å². The van der Waals surface area contributed by atoms with E-state index in [1.165, 1.54) is 12.3 Å². The lowest BCUT2D eigenvalue weighted by molar-refractivity contribution is 0.0867. The molecule has 1 heterocycles. The average molecular weight is 334 g/mol. The first-order valence-corrected chi connectivity index (χ1v) is 7.61. The van der Waals surface area contributed by atoms with Crippen LogP contribution in [0.15, 0.2) is 42.6 Å². The molecule has 1 aromatic carbocycles. The Morgan fingerprint density at radius 3 is 2.52 bits per heavy atom. The van der Waals surface area contributed by atoms with Crippen LogP contribution < -0.4 is 10.6 Å². The zero-order valence-electron chi connectivity index (χ0n) is 13.2. The van der Waals surface area contributed by atoms with Crippen LogP contribution in [0.2, 0.25) is 5.02 Å². The molecule has 3 N–H and O–H groups in total. The molecule has 0 radical (unpaired) electrons. The van der Waals surface area contributed by atoms with E-state index in [0.717, 1.165) is 5.56 Å². The van der Waals surface area contributed by atoms with Crippen molar-refractivity contribution in [3.63, 3.8) is 0 Å². The van der Waals surface area contributed by atoms with Gasteiger partial charge in [-0.2, -0.15) is 0 Å². The van der Waals surface area contributed by atoms with Gasteiger partial charge in [-0.15, -0.1) is 0 Å². The number of nitrogens with zero attached hydrogens (tertiary/aromatic N) is 2. The summed E-state index contributed by atoms with van der Waals surface area (Å²) in [5.41, 5.74) is 5.63. The number of nitrogens with two attached hydrogens (primary N) is 1. The third-order valence-corrected chi connectivity index (χ3v) is 3.48. The van der Waals surface area contributed by atoms with Gasteiger partial charge in [-0.05, 0) is 25.5 Å². The van der Waals surface area contributed by atoms with Crippen molar-refractivity contribution in [3.05, 3.63) is 58.7 Å². The number of rotatable bonds is 6. The van der Waals surface area contributed by atoms with Crippen LogP contribution in [0.1, 0.15) is 29.8 Å². The summed E-state index contributed by atoms with van der Waals surface area (Å²) in [6, 6.07) is 11.3. The summed E-state index contributed by atoms with van der Waals surface area (Å²) in [5, 5.41) is 10.5. The first-order chi connectivity index (χ1) is 10.8. The van der Waals surface area contributed by atoms with Crippen LogP contribution >= 0.6 is 11.6 Å². The Morgan fingerprint density at radius 1 is 1.35 bits per heavy atom. The molecular formula is C17H20ClN3O2. The van der Waals surface area contributed by atoms with Crippen molar-refractivity contribution >= 4 is 23.3 Å². The summed E-state index contributed by atoms with van der Waals surface area (Å²) >= 11 is 6.27. The number of aliphatic hydroxyl groups is 1. The molecule has 23 heavy (non-hydrogen) atoms. The first kappa shape index (κ1) is 17.2. The predicted octanol–water partition coefficient (Wildman–Crippen LogP) is 2.61. The molecule has 1 amide bonds. The number of carbonyl (C=O) groups excluding carboxylic acids is 1. The molecule has 0 aliphatic carbocycles. The molecule has 1 aromatic heterocycles. The number of amides is 1. The highest BCUT2D eigenvalue weighted by molar-refractivity contribution is 6.33. The van der Waals surface area contributed by atoms with Crippen LogP contribution in [0, 0.1) is 0 Å². The molecule has 0 atom stereocenters. The van der Waals surface area contributed by atoms with E-state index in [9.17, 15) is 9.90 Å². The Bertz CT molecular complexity index is 684. The van der Waals surface area contributed by atoms with Crippen molar-refractivity contribution in [2.24, 2.45) is 5.73 Å². The van der Waals surface area contributed by atoms with Gasteiger partial charge in [-0.3, -0.25) is 4.79 Å². The van der Waals surface area contributed by atoms with Gasteiger partial charge in [0.15, 0.2) is 0 Å². The van der Waals surface area contributed by atoms with Crippen LogP contribution in [0.25, 0.3) is 0 Å². The Labute approximate surface area is 140 Å². The number of benzene rings is 1. The fourth-order valence-corrected chi connectivity index (χ4v) is 2.56. The third-order valence-electron chi connectivity index (χ3n) is 3.20. The van der Waals surface area contributed by atoms with Crippen molar-refractivity contribution in [2.45, 2.75) is 26.0 Å². The summed E-state index contributed by atoms with van der Waals surface area (Å²) in [6.45, 7) is 4.31. The maximum atomic E-state index is 11.2. The summed E-state index contributed by atoms with van der Waals surface area (Å²) in [7, 11) is 0. The monoisotopic (exact) mass is 333 g/mol. The molecule has 0 unspecified atom stereocenters. The molecule has 0 saturated heterocycles. The van der Waals surface area contributed by atoms with Crippen molar-refractivity contribution in [3.8, 4) is 0 Å². The molecule has 0 fully saturated rings. The second-order valence-corrected chi connectivity index (χ2v) is 6.45. The number of halogens is 1. The molecule has 0 aliphatic rings. The predicted molar refractivity (Wildman–Crippen MR) is 91.6 cm³/mol. The van der Waals surface area contributed by atoms with E-state index in [-0.39, 0.29) is 5.56 Å². The van der Waals surface area contributed by atoms with Gasteiger partial charge in [-0.25, -0.2) is 4.98 Å². The molecule has 0 aliphatic heterocycles. The fourth-order valence-electron chi connectivity index (χ4n) is 2.27. The Kier molecular flexibility index (Phi) is 5.23. The van der Waals surface area contributed by atoms with Gasteiger partial charge in [0.05, 0.1) is 16.2 Å². The maximum Gasteiger partial charge on any atom is 0.250 e. The molecule has 0 bridgehead atoms. The second kappa shape index (κ2) is 6.98.